The fraction of sp³-hybridized carbons (Fsp3) is 0.120. The van der Waals surface area contributed by atoms with Crippen molar-refractivity contribution < 1.29 is 9.53 Å². The van der Waals surface area contributed by atoms with E-state index in [-0.39, 0.29) is 6.61 Å². The number of esters is 1. The smallest absolute Gasteiger partial charge is 0.363 e. The molecule has 1 N–H and O–H groups in total. The monoisotopic (exact) mass is 408 g/mol. The van der Waals surface area contributed by atoms with E-state index in [9.17, 15) is 4.79 Å². The van der Waals surface area contributed by atoms with E-state index in [2.05, 4.69) is 15.2 Å². The summed E-state index contributed by atoms with van der Waals surface area (Å²) >= 11 is 0. The zero-order valence-corrected chi connectivity index (χ0v) is 16.9. The van der Waals surface area contributed by atoms with E-state index in [0.717, 1.165) is 21.7 Å². The van der Waals surface area contributed by atoms with Crippen molar-refractivity contribution >= 4 is 28.3 Å². The number of azo groups is 1. The molecule has 3 aromatic carbocycles. The predicted octanol–water partition coefficient (Wildman–Crippen LogP) is 4.04. The first kappa shape index (κ1) is 18.9. The molecule has 0 saturated heterocycles. The number of aromatic amines is 1. The van der Waals surface area contributed by atoms with Gasteiger partial charge in [0.2, 0.25) is 0 Å². The van der Waals surface area contributed by atoms with Gasteiger partial charge in [-0.05, 0) is 30.7 Å². The summed E-state index contributed by atoms with van der Waals surface area (Å²) in [5.74, 6) is -0.00615. The third kappa shape index (κ3) is 3.22. The number of fused-ring (bicyclic) bond motifs is 2. The number of rotatable bonds is 5. The van der Waals surface area contributed by atoms with Crippen LogP contribution in [0, 0.1) is 0 Å². The van der Waals surface area contributed by atoms with Gasteiger partial charge in [-0.25, -0.2) is 9.79 Å². The van der Waals surface area contributed by atoms with Crippen molar-refractivity contribution in [3.63, 3.8) is 0 Å². The van der Waals surface area contributed by atoms with Crippen LogP contribution in [0.25, 0.3) is 16.5 Å². The highest BCUT2D eigenvalue weighted by Crippen LogP contribution is 2.35. The molecule has 0 saturated carbocycles. The maximum atomic E-state index is 13.3. The minimum Gasteiger partial charge on any atom is -0.462 e. The molecule has 5 rings (SSSR count). The second kappa shape index (κ2) is 7.65. The summed E-state index contributed by atoms with van der Waals surface area (Å²) in [6.07, 6.45) is 0. The zero-order chi connectivity index (χ0) is 21.3. The second-order valence-electron chi connectivity index (χ2n) is 7.20. The van der Waals surface area contributed by atoms with Crippen LogP contribution in [0.3, 0.4) is 0 Å². The number of carbonyl (C=O) groups is 1. The Kier molecular flexibility index (Phi) is 4.67. The summed E-state index contributed by atoms with van der Waals surface area (Å²) in [6.45, 7) is 1.99. The van der Waals surface area contributed by atoms with Gasteiger partial charge in [0.15, 0.2) is 5.82 Å². The molecule has 2 heterocycles. The van der Waals surface area contributed by atoms with Crippen LogP contribution < -0.4 is 10.6 Å². The van der Waals surface area contributed by atoms with Gasteiger partial charge in [0, 0.05) is 21.7 Å². The Labute approximate surface area is 178 Å². The molecule has 0 bridgehead atoms. The molecule has 0 aliphatic carbocycles. The second-order valence-corrected chi connectivity index (χ2v) is 7.20. The number of H-pyrrole nitrogens is 1. The molecule has 6 heteroatoms. The van der Waals surface area contributed by atoms with Crippen LogP contribution in [0.4, 0.5) is 5.82 Å². The lowest BCUT2D eigenvalue weighted by Gasteiger charge is -2.22. The Bertz CT molecular complexity index is 1390. The number of para-hydroxylation sites is 2. The number of aromatic nitrogens is 1. The van der Waals surface area contributed by atoms with Crippen LogP contribution >= 0.6 is 0 Å². The van der Waals surface area contributed by atoms with Crippen molar-refractivity contribution in [3.8, 4) is 0 Å². The lowest BCUT2D eigenvalue weighted by Crippen LogP contribution is -2.38. The molecule has 6 nitrogen and oxygen atoms in total. The Balaban J connectivity index is 1.73. The molecule has 1 aromatic heterocycles. The lowest BCUT2D eigenvalue weighted by molar-refractivity contribution is -0.147. The number of nitrogens with zero attached hydrogens (tertiary/aromatic N) is 3. The van der Waals surface area contributed by atoms with E-state index < -0.39 is 11.6 Å². The average Bonchev–Trinajstić information content (AvgIpc) is 3.37. The molecule has 0 spiro atoms. The largest absolute Gasteiger partial charge is 0.462 e. The van der Waals surface area contributed by atoms with Crippen molar-refractivity contribution in [2.24, 2.45) is 15.2 Å². The fourth-order valence-electron chi connectivity index (χ4n) is 3.89. The number of nitrogens with one attached hydrogen (secondary N) is 1. The molecular weight excluding hydrogens is 388 g/mol. The number of carbonyl (C=O) groups excluding carboxylic acids is 1. The third-order valence-electron chi connectivity index (χ3n) is 5.24. The van der Waals surface area contributed by atoms with E-state index in [1.54, 1.807) is 6.92 Å². The minimum atomic E-state index is -1.61. The SMILES string of the molecule is CCOC(=O)C1(N=Nc2cc3ccccc3[nH]2)N=c2ccccc2=C1c1ccccc1. The summed E-state index contributed by atoms with van der Waals surface area (Å²) < 4.78 is 5.44. The molecule has 1 aliphatic rings. The van der Waals surface area contributed by atoms with Gasteiger partial charge in [0.25, 0.3) is 5.66 Å². The Morgan fingerprint density at radius 2 is 1.74 bits per heavy atom. The molecule has 0 fully saturated rings. The van der Waals surface area contributed by atoms with Crippen LogP contribution in [0.5, 0.6) is 0 Å². The molecule has 1 unspecified atom stereocenters. The van der Waals surface area contributed by atoms with Gasteiger partial charge in [-0.1, -0.05) is 66.7 Å². The third-order valence-corrected chi connectivity index (χ3v) is 5.24. The first-order valence-electron chi connectivity index (χ1n) is 10.1. The van der Waals surface area contributed by atoms with Crippen LogP contribution in [0.1, 0.15) is 12.5 Å². The van der Waals surface area contributed by atoms with Gasteiger partial charge >= 0.3 is 5.97 Å². The predicted molar refractivity (Wildman–Crippen MR) is 118 cm³/mol. The molecule has 1 aliphatic heterocycles. The van der Waals surface area contributed by atoms with Crippen molar-refractivity contribution in [3.05, 3.63) is 101 Å². The fourth-order valence-corrected chi connectivity index (χ4v) is 3.89. The van der Waals surface area contributed by atoms with Gasteiger partial charge < -0.3 is 9.72 Å². The number of ether oxygens (including phenoxy) is 1. The van der Waals surface area contributed by atoms with Gasteiger partial charge in [0.1, 0.15) is 0 Å². The maximum absolute atomic E-state index is 13.3. The van der Waals surface area contributed by atoms with Crippen molar-refractivity contribution in [2.75, 3.05) is 6.61 Å². The molecule has 1 atom stereocenters. The summed E-state index contributed by atoms with van der Waals surface area (Å²) in [5.41, 5.74) is 0.848. The maximum Gasteiger partial charge on any atom is 0.363 e. The molecule has 152 valence electrons. The van der Waals surface area contributed by atoms with E-state index in [1.165, 1.54) is 0 Å². The lowest BCUT2D eigenvalue weighted by atomic mass is 9.93. The highest BCUT2D eigenvalue weighted by Gasteiger charge is 2.48. The van der Waals surface area contributed by atoms with E-state index in [4.69, 9.17) is 9.73 Å². The Hall–Kier alpha value is -4.06. The molecular formula is C25H20N4O2. The van der Waals surface area contributed by atoms with E-state index in [1.807, 2.05) is 84.9 Å². The molecule has 0 radical (unpaired) electrons. The van der Waals surface area contributed by atoms with Crippen molar-refractivity contribution in [1.29, 1.82) is 0 Å². The number of hydrogen-bond acceptors (Lipinski definition) is 5. The standard InChI is InChI=1S/C25H20N4O2/c1-2-31-24(30)25(29-28-22-16-18-12-6-8-14-20(18)26-22)23(17-10-4-3-5-11-17)19-13-7-9-15-21(19)27-25/h3-16,26H,2H2,1H3. The summed E-state index contributed by atoms with van der Waals surface area (Å²) in [5, 5.41) is 11.5. The summed E-state index contributed by atoms with van der Waals surface area (Å²) in [4.78, 5) is 21.3. The average molecular weight is 408 g/mol. The van der Waals surface area contributed by atoms with Gasteiger partial charge in [0.05, 0.1) is 12.0 Å². The van der Waals surface area contributed by atoms with Crippen LogP contribution in [-0.2, 0) is 9.53 Å². The van der Waals surface area contributed by atoms with Gasteiger partial charge in [-0.2, -0.15) is 0 Å². The molecule has 0 amide bonds. The number of benzene rings is 3. The van der Waals surface area contributed by atoms with Crippen LogP contribution in [0.2, 0.25) is 0 Å². The van der Waals surface area contributed by atoms with Crippen molar-refractivity contribution in [1.82, 2.24) is 4.98 Å². The Morgan fingerprint density at radius 1 is 1.00 bits per heavy atom. The first-order valence-corrected chi connectivity index (χ1v) is 10.1. The van der Waals surface area contributed by atoms with Gasteiger partial charge in [-0.15, -0.1) is 10.2 Å². The highest BCUT2D eigenvalue weighted by molar-refractivity contribution is 5.98. The zero-order valence-electron chi connectivity index (χ0n) is 16.9. The summed E-state index contributed by atoms with van der Waals surface area (Å²) in [6, 6.07) is 27.1. The van der Waals surface area contributed by atoms with Crippen LogP contribution in [0.15, 0.2) is 100 Å². The van der Waals surface area contributed by atoms with Crippen LogP contribution in [-0.4, -0.2) is 23.2 Å². The Morgan fingerprint density at radius 3 is 2.55 bits per heavy atom. The highest BCUT2D eigenvalue weighted by atomic mass is 16.5. The summed E-state index contributed by atoms with van der Waals surface area (Å²) in [7, 11) is 0. The number of hydrogen-bond donors (Lipinski definition) is 1. The van der Waals surface area contributed by atoms with Gasteiger partial charge in [-0.3, -0.25) is 0 Å². The minimum absolute atomic E-state index is 0.219. The van der Waals surface area contributed by atoms with Crippen molar-refractivity contribution in [2.45, 2.75) is 12.6 Å². The van der Waals surface area contributed by atoms with E-state index >= 15 is 0 Å². The first-order chi connectivity index (χ1) is 15.2. The topological polar surface area (TPSA) is 79.2 Å². The molecule has 31 heavy (non-hydrogen) atoms. The normalized spacial score (nSPS) is 17.6. The van der Waals surface area contributed by atoms with E-state index in [0.29, 0.717) is 16.7 Å². The molecule has 4 aromatic rings. The quantitative estimate of drug-likeness (QED) is 0.399.